The normalized spacial score (nSPS) is 15.0. The molecule has 0 radical (unpaired) electrons. The third-order valence-corrected chi connectivity index (χ3v) is 5.53. The van der Waals surface area contributed by atoms with Crippen LogP contribution < -0.4 is 21.7 Å². The number of amides is 3. The van der Waals surface area contributed by atoms with E-state index in [1.54, 1.807) is 31.2 Å². The van der Waals surface area contributed by atoms with Crippen LogP contribution in [0.25, 0.3) is 10.8 Å². The van der Waals surface area contributed by atoms with Crippen LogP contribution in [0.2, 0.25) is 0 Å². The molecule has 9 heteroatoms. The molecule has 0 saturated heterocycles. The molecule has 9 nitrogen and oxygen atoms in total. The van der Waals surface area contributed by atoms with Crippen molar-refractivity contribution >= 4 is 34.2 Å². The summed E-state index contributed by atoms with van der Waals surface area (Å²) in [4.78, 5) is 49.6. The van der Waals surface area contributed by atoms with Crippen molar-refractivity contribution in [2.75, 3.05) is 5.32 Å². The van der Waals surface area contributed by atoms with Crippen LogP contribution in [0, 0.1) is 5.92 Å². The van der Waals surface area contributed by atoms with Crippen LogP contribution >= 0.6 is 0 Å². The van der Waals surface area contributed by atoms with Crippen molar-refractivity contribution in [3.05, 3.63) is 70.1 Å². The minimum absolute atomic E-state index is 0.0469. The Morgan fingerprint density at radius 2 is 1.78 bits per heavy atom. The molecule has 0 aliphatic carbocycles. The van der Waals surface area contributed by atoms with E-state index in [9.17, 15) is 19.2 Å². The Morgan fingerprint density at radius 1 is 1.06 bits per heavy atom. The third-order valence-electron chi connectivity index (χ3n) is 5.53. The van der Waals surface area contributed by atoms with Crippen molar-refractivity contribution in [1.29, 1.82) is 0 Å². The maximum Gasteiger partial charge on any atom is 0.290 e. The number of fused-ring (bicyclic) bond motifs is 2. The van der Waals surface area contributed by atoms with Gasteiger partial charge in [0.15, 0.2) is 5.69 Å². The van der Waals surface area contributed by atoms with Crippen molar-refractivity contribution < 1.29 is 14.4 Å². The quantitative estimate of drug-likeness (QED) is 0.530. The number of hydrazine groups is 1. The number of aryl methyl sites for hydroxylation is 1. The fourth-order valence-corrected chi connectivity index (χ4v) is 3.82. The molecule has 2 aromatic carbocycles. The first-order valence-electron chi connectivity index (χ1n) is 10.5. The predicted octanol–water partition coefficient (Wildman–Crippen LogP) is 1.77. The van der Waals surface area contributed by atoms with Gasteiger partial charge in [0, 0.05) is 30.0 Å². The van der Waals surface area contributed by atoms with E-state index < -0.39 is 11.8 Å². The van der Waals surface area contributed by atoms with Crippen LogP contribution in [0.3, 0.4) is 0 Å². The Labute approximate surface area is 183 Å². The van der Waals surface area contributed by atoms with Gasteiger partial charge in [0.2, 0.25) is 11.8 Å². The lowest BCUT2D eigenvalue weighted by Gasteiger charge is -2.24. The second-order valence-corrected chi connectivity index (χ2v) is 7.60. The van der Waals surface area contributed by atoms with Crippen LogP contribution in [-0.2, 0) is 22.6 Å². The molecule has 1 aliphatic heterocycles. The van der Waals surface area contributed by atoms with Gasteiger partial charge >= 0.3 is 0 Å². The largest absolute Gasteiger partial charge is 0.326 e. The fourth-order valence-electron chi connectivity index (χ4n) is 3.82. The number of anilines is 1. The summed E-state index contributed by atoms with van der Waals surface area (Å²) < 4.78 is 1.21. The minimum Gasteiger partial charge on any atom is -0.326 e. The van der Waals surface area contributed by atoms with Crippen LogP contribution in [0.15, 0.2) is 53.3 Å². The molecular weight excluding hydrogens is 410 g/mol. The second-order valence-electron chi connectivity index (χ2n) is 7.60. The van der Waals surface area contributed by atoms with Gasteiger partial charge in [-0.05, 0) is 37.5 Å². The number of nitrogens with one attached hydrogen (secondary N) is 3. The average Bonchev–Trinajstić information content (AvgIpc) is 2.81. The first kappa shape index (κ1) is 21.2. The van der Waals surface area contributed by atoms with Gasteiger partial charge in [0.1, 0.15) is 0 Å². The lowest BCUT2D eigenvalue weighted by Crippen LogP contribution is -2.43. The van der Waals surface area contributed by atoms with Gasteiger partial charge < -0.3 is 5.32 Å². The molecule has 0 saturated carbocycles. The average molecular weight is 433 g/mol. The lowest BCUT2D eigenvalue weighted by atomic mass is 9.89. The van der Waals surface area contributed by atoms with Gasteiger partial charge in [-0.15, -0.1) is 0 Å². The first-order valence-corrected chi connectivity index (χ1v) is 10.5. The number of nitrogens with zero attached hydrogens (tertiary/aromatic N) is 2. The topological polar surface area (TPSA) is 122 Å². The highest BCUT2D eigenvalue weighted by Crippen LogP contribution is 2.27. The number of para-hydroxylation sites is 1. The molecule has 164 valence electrons. The summed E-state index contributed by atoms with van der Waals surface area (Å²) in [6.45, 7) is 2.06. The SMILES string of the molecule is CCn1nc(C(=O)NNC(=O)CCC2Cc3ccccc3NC2=O)c2ccccc2c1=O. The second kappa shape index (κ2) is 9.01. The van der Waals surface area contributed by atoms with Gasteiger partial charge in [-0.2, -0.15) is 5.10 Å². The molecule has 0 bridgehead atoms. The zero-order chi connectivity index (χ0) is 22.7. The van der Waals surface area contributed by atoms with Crippen LogP contribution in [-0.4, -0.2) is 27.5 Å². The number of hydrogen-bond acceptors (Lipinski definition) is 5. The number of carbonyl (C=O) groups is 3. The summed E-state index contributed by atoms with van der Waals surface area (Å²) in [5, 5.41) is 7.78. The Balaban J connectivity index is 1.38. The van der Waals surface area contributed by atoms with Gasteiger partial charge in [0.25, 0.3) is 11.5 Å². The summed E-state index contributed by atoms with van der Waals surface area (Å²) in [7, 11) is 0. The van der Waals surface area contributed by atoms with E-state index in [0.717, 1.165) is 11.3 Å². The van der Waals surface area contributed by atoms with Gasteiger partial charge in [0.05, 0.1) is 5.39 Å². The molecule has 32 heavy (non-hydrogen) atoms. The molecular formula is C23H23N5O4. The lowest BCUT2D eigenvalue weighted by molar-refractivity contribution is -0.123. The molecule has 4 rings (SSSR count). The van der Waals surface area contributed by atoms with Crippen LogP contribution in [0.1, 0.15) is 35.8 Å². The molecule has 1 aliphatic rings. The van der Waals surface area contributed by atoms with Crippen molar-refractivity contribution in [3.8, 4) is 0 Å². The highest BCUT2D eigenvalue weighted by atomic mass is 16.2. The zero-order valence-electron chi connectivity index (χ0n) is 17.6. The molecule has 1 unspecified atom stereocenters. The molecule has 0 spiro atoms. The molecule has 3 aromatic rings. The van der Waals surface area contributed by atoms with E-state index in [1.165, 1.54) is 4.68 Å². The molecule has 1 atom stereocenters. The number of benzene rings is 2. The number of carbonyl (C=O) groups excluding carboxylic acids is 3. The van der Waals surface area contributed by atoms with E-state index in [2.05, 4.69) is 21.3 Å². The molecule has 0 fully saturated rings. The number of aromatic nitrogens is 2. The van der Waals surface area contributed by atoms with Gasteiger partial charge in [-0.25, -0.2) is 4.68 Å². The summed E-state index contributed by atoms with van der Waals surface area (Å²) in [6.07, 6.45) is 0.989. The summed E-state index contributed by atoms with van der Waals surface area (Å²) in [5.41, 5.74) is 6.34. The Morgan fingerprint density at radius 3 is 2.56 bits per heavy atom. The Kier molecular flexibility index (Phi) is 5.98. The standard InChI is InChI=1S/C23H23N5O4/c1-2-28-23(32)17-9-5-4-8-16(17)20(27-28)22(31)26-25-19(29)12-11-15-13-14-7-3-6-10-18(14)24-21(15)30/h3-10,15H,2,11-13H2,1H3,(H,24,30)(H,25,29)(H,26,31). The maximum absolute atomic E-state index is 12.7. The smallest absolute Gasteiger partial charge is 0.290 e. The third kappa shape index (κ3) is 4.22. The fraction of sp³-hybridized carbons (Fsp3) is 0.261. The number of hydrogen-bond donors (Lipinski definition) is 3. The molecule has 1 aromatic heterocycles. The highest BCUT2D eigenvalue weighted by Gasteiger charge is 2.26. The monoisotopic (exact) mass is 433 g/mol. The number of rotatable bonds is 5. The van der Waals surface area contributed by atoms with E-state index in [4.69, 9.17) is 0 Å². The maximum atomic E-state index is 12.7. The van der Waals surface area contributed by atoms with E-state index in [1.807, 2.05) is 24.3 Å². The van der Waals surface area contributed by atoms with Crippen molar-refractivity contribution in [1.82, 2.24) is 20.6 Å². The minimum atomic E-state index is -0.624. The Bertz CT molecular complexity index is 1270. The molecule has 3 amide bonds. The van der Waals surface area contributed by atoms with E-state index in [0.29, 0.717) is 30.2 Å². The van der Waals surface area contributed by atoms with E-state index in [-0.39, 0.29) is 29.5 Å². The van der Waals surface area contributed by atoms with Gasteiger partial charge in [-0.1, -0.05) is 36.4 Å². The molecule has 2 heterocycles. The zero-order valence-corrected chi connectivity index (χ0v) is 17.6. The first-order chi connectivity index (χ1) is 15.5. The summed E-state index contributed by atoms with van der Waals surface area (Å²) >= 11 is 0. The predicted molar refractivity (Wildman–Crippen MR) is 119 cm³/mol. The van der Waals surface area contributed by atoms with Crippen molar-refractivity contribution in [2.24, 2.45) is 5.92 Å². The van der Waals surface area contributed by atoms with Crippen LogP contribution in [0.5, 0.6) is 0 Å². The molecule has 3 N–H and O–H groups in total. The van der Waals surface area contributed by atoms with E-state index >= 15 is 0 Å². The highest BCUT2D eigenvalue weighted by molar-refractivity contribution is 6.05. The summed E-state index contributed by atoms with van der Waals surface area (Å²) in [5.74, 6) is -1.47. The van der Waals surface area contributed by atoms with Gasteiger partial charge in [-0.3, -0.25) is 30.0 Å². The van der Waals surface area contributed by atoms with Crippen molar-refractivity contribution in [2.45, 2.75) is 32.7 Å². The summed E-state index contributed by atoms with van der Waals surface area (Å²) in [6, 6.07) is 14.3. The van der Waals surface area contributed by atoms with Crippen LogP contribution in [0.4, 0.5) is 5.69 Å². The Hall–Kier alpha value is -4.01. The van der Waals surface area contributed by atoms with Crippen molar-refractivity contribution in [3.63, 3.8) is 0 Å².